The molecule has 2 rings (SSSR count). The van der Waals surface area contributed by atoms with Gasteiger partial charge in [-0.15, -0.1) is 0 Å². The van der Waals surface area contributed by atoms with Crippen LogP contribution in [0.2, 0.25) is 0 Å². The predicted octanol–water partition coefficient (Wildman–Crippen LogP) is 3.12. The first-order valence-electron chi connectivity index (χ1n) is 5.81. The molecular formula is C12H22O. The van der Waals surface area contributed by atoms with Crippen LogP contribution < -0.4 is 0 Å². The molecule has 0 heterocycles. The zero-order valence-corrected chi connectivity index (χ0v) is 8.97. The normalized spacial score (nSPS) is 51.5. The van der Waals surface area contributed by atoms with E-state index < -0.39 is 0 Å². The molecule has 0 saturated heterocycles. The summed E-state index contributed by atoms with van der Waals surface area (Å²) < 4.78 is 0. The Hall–Kier alpha value is -0.0400. The van der Waals surface area contributed by atoms with Gasteiger partial charge in [0, 0.05) is 0 Å². The Morgan fingerprint density at radius 1 is 1.08 bits per heavy atom. The van der Waals surface area contributed by atoms with Crippen molar-refractivity contribution in [3.63, 3.8) is 0 Å². The third kappa shape index (κ3) is 1.24. The summed E-state index contributed by atoms with van der Waals surface area (Å²) in [6.45, 7) is 4.55. The first kappa shape index (κ1) is 9.51. The van der Waals surface area contributed by atoms with Gasteiger partial charge in [0.1, 0.15) is 0 Å². The highest BCUT2D eigenvalue weighted by molar-refractivity contribution is 5.04. The minimum absolute atomic E-state index is 0.239. The molecule has 0 bridgehead atoms. The van der Waals surface area contributed by atoms with Crippen molar-refractivity contribution in [1.82, 2.24) is 0 Å². The van der Waals surface area contributed by atoms with E-state index in [1.54, 1.807) is 0 Å². The molecule has 76 valence electrons. The Labute approximate surface area is 81.5 Å². The third-order valence-corrected chi connectivity index (χ3v) is 4.76. The lowest BCUT2D eigenvalue weighted by molar-refractivity contribution is -0.164. The molecule has 0 aromatic heterocycles. The van der Waals surface area contributed by atoms with Gasteiger partial charge in [-0.1, -0.05) is 33.1 Å². The van der Waals surface area contributed by atoms with Crippen LogP contribution in [0.1, 0.15) is 58.8 Å². The smallest absolute Gasteiger partial charge is 0.0726 e. The maximum absolute atomic E-state index is 10.7. The molecule has 2 aliphatic carbocycles. The number of rotatable bonds is 0. The van der Waals surface area contributed by atoms with E-state index in [1.807, 2.05) is 0 Å². The van der Waals surface area contributed by atoms with Crippen LogP contribution in [0.5, 0.6) is 0 Å². The molecule has 3 atom stereocenters. The van der Waals surface area contributed by atoms with Gasteiger partial charge in [0.2, 0.25) is 0 Å². The van der Waals surface area contributed by atoms with Gasteiger partial charge in [-0.05, 0) is 37.0 Å². The van der Waals surface area contributed by atoms with Gasteiger partial charge in [-0.25, -0.2) is 0 Å². The second-order valence-electron chi connectivity index (χ2n) is 5.49. The van der Waals surface area contributed by atoms with E-state index in [0.717, 1.165) is 6.42 Å². The van der Waals surface area contributed by atoms with Crippen molar-refractivity contribution in [2.75, 3.05) is 0 Å². The van der Waals surface area contributed by atoms with E-state index >= 15 is 0 Å². The molecule has 1 unspecified atom stereocenters. The highest BCUT2D eigenvalue weighted by Gasteiger charge is 2.52. The third-order valence-electron chi connectivity index (χ3n) is 4.76. The molecule has 0 aromatic carbocycles. The summed E-state index contributed by atoms with van der Waals surface area (Å²) >= 11 is 0. The number of hydrogen-bond donors (Lipinski definition) is 1. The molecule has 2 saturated carbocycles. The van der Waals surface area contributed by atoms with Crippen molar-refractivity contribution in [2.24, 2.45) is 11.3 Å². The molecule has 1 nitrogen and oxygen atoms in total. The lowest BCUT2D eigenvalue weighted by Crippen LogP contribution is -2.55. The summed E-state index contributed by atoms with van der Waals surface area (Å²) in [5.41, 5.74) is -0.0909. The largest absolute Gasteiger partial charge is 0.389 e. The number of fused-ring (bicyclic) bond motifs is 1. The lowest BCUT2D eigenvalue weighted by Gasteiger charge is -2.55. The van der Waals surface area contributed by atoms with Crippen LogP contribution >= 0.6 is 0 Å². The molecule has 1 heteroatoms. The Morgan fingerprint density at radius 2 is 1.69 bits per heavy atom. The molecular weight excluding hydrogens is 160 g/mol. The average molecular weight is 182 g/mol. The minimum atomic E-state index is -0.330. The highest BCUT2D eigenvalue weighted by Crippen LogP contribution is 2.55. The summed E-state index contributed by atoms with van der Waals surface area (Å²) in [5.74, 6) is 0.520. The fourth-order valence-corrected chi connectivity index (χ4v) is 3.65. The summed E-state index contributed by atoms with van der Waals surface area (Å²) in [5, 5.41) is 10.7. The van der Waals surface area contributed by atoms with E-state index in [4.69, 9.17) is 0 Å². The summed E-state index contributed by atoms with van der Waals surface area (Å²) in [6, 6.07) is 0. The molecule has 2 aliphatic rings. The van der Waals surface area contributed by atoms with Crippen LogP contribution in [0, 0.1) is 11.3 Å². The van der Waals surface area contributed by atoms with E-state index in [9.17, 15) is 5.11 Å². The Bertz CT molecular complexity index is 197. The summed E-state index contributed by atoms with van der Waals surface area (Å²) in [4.78, 5) is 0. The van der Waals surface area contributed by atoms with Crippen molar-refractivity contribution >= 4 is 0 Å². The number of aliphatic hydroxyl groups is 1. The van der Waals surface area contributed by atoms with Crippen molar-refractivity contribution in [3.05, 3.63) is 0 Å². The first-order chi connectivity index (χ1) is 6.08. The molecule has 13 heavy (non-hydrogen) atoms. The highest BCUT2D eigenvalue weighted by atomic mass is 16.3. The van der Waals surface area contributed by atoms with Crippen LogP contribution in [0.3, 0.4) is 0 Å². The lowest BCUT2D eigenvalue weighted by atomic mass is 9.54. The fraction of sp³-hybridized carbons (Fsp3) is 1.00. The first-order valence-corrected chi connectivity index (χ1v) is 5.81. The topological polar surface area (TPSA) is 20.2 Å². The SMILES string of the molecule is C[C@H]1CCC[C@@]2(C)CCCCC12O. The second kappa shape index (κ2) is 2.98. The maximum Gasteiger partial charge on any atom is 0.0726 e. The quantitative estimate of drug-likeness (QED) is 0.610. The molecule has 2 fully saturated rings. The molecule has 0 aromatic rings. The van der Waals surface area contributed by atoms with E-state index in [1.165, 1.54) is 38.5 Å². The van der Waals surface area contributed by atoms with Crippen molar-refractivity contribution in [3.8, 4) is 0 Å². The average Bonchev–Trinajstić information content (AvgIpc) is 2.09. The second-order valence-corrected chi connectivity index (χ2v) is 5.49. The van der Waals surface area contributed by atoms with Gasteiger partial charge in [-0.3, -0.25) is 0 Å². The number of hydrogen-bond acceptors (Lipinski definition) is 1. The maximum atomic E-state index is 10.7. The Kier molecular flexibility index (Phi) is 2.18. The van der Waals surface area contributed by atoms with Crippen molar-refractivity contribution < 1.29 is 5.11 Å². The van der Waals surface area contributed by atoms with Gasteiger partial charge in [0.15, 0.2) is 0 Å². The van der Waals surface area contributed by atoms with Gasteiger partial charge in [0.05, 0.1) is 5.60 Å². The Morgan fingerprint density at radius 3 is 2.38 bits per heavy atom. The van der Waals surface area contributed by atoms with Crippen LogP contribution in [0.25, 0.3) is 0 Å². The molecule has 0 amide bonds. The Balaban J connectivity index is 2.27. The molecule has 0 spiro atoms. The van der Waals surface area contributed by atoms with Gasteiger partial charge in [0.25, 0.3) is 0 Å². The van der Waals surface area contributed by atoms with Crippen LogP contribution in [0.4, 0.5) is 0 Å². The zero-order valence-electron chi connectivity index (χ0n) is 8.97. The summed E-state index contributed by atoms with van der Waals surface area (Å²) in [7, 11) is 0. The molecule has 0 radical (unpaired) electrons. The standard InChI is InChI=1S/C12H22O/c1-10-6-5-8-11(2)7-3-4-9-12(10,11)13/h10,13H,3-9H2,1-2H3/t10-,11+,12?/m0/s1. The van der Waals surface area contributed by atoms with Crippen LogP contribution in [-0.4, -0.2) is 10.7 Å². The van der Waals surface area contributed by atoms with E-state index in [0.29, 0.717) is 5.92 Å². The van der Waals surface area contributed by atoms with Gasteiger partial charge < -0.3 is 5.11 Å². The van der Waals surface area contributed by atoms with Crippen molar-refractivity contribution in [2.45, 2.75) is 64.4 Å². The zero-order chi connectivity index (χ0) is 9.53. The molecule has 1 N–H and O–H groups in total. The van der Waals surface area contributed by atoms with Crippen LogP contribution in [0.15, 0.2) is 0 Å². The van der Waals surface area contributed by atoms with E-state index in [2.05, 4.69) is 13.8 Å². The van der Waals surface area contributed by atoms with Gasteiger partial charge >= 0.3 is 0 Å². The predicted molar refractivity (Wildman–Crippen MR) is 54.5 cm³/mol. The fourth-order valence-electron chi connectivity index (χ4n) is 3.65. The van der Waals surface area contributed by atoms with Gasteiger partial charge in [-0.2, -0.15) is 0 Å². The minimum Gasteiger partial charge on any atom is -0.389 e. The van der Waals surface area contributed by atoms with Crippen molar-refractivity contribution in [1.29, 1.82) is 0 Å². The summed E-state index contributed by atoms with van der Waals surface area (Å²) in [6.07, 6.45) is 8.64. The van der Waals surface area contributed by atoms with E-state index in [-0.39, 0.29) is 11.0 Å². The molecule has 0 aliphatic heterocycles. The van der Waals surface area contributed by atoms with Crippen LogP contribution in [-0.2, 0) is 0 Å². The monoisotopic (exact) mass is 182 g/mol.